The van der Waals surface area contributed by atoms with E-state index in [2.05, 4.69) is 46.3 Å². The van der Waals surface area contributed by atoms with Crippen molar-refractivity contribution in [3.63, 3.8) is 0 Å². The lowest BCUT2D eigenvalue weighted by atomic mass is 9.96. The molecule has 0 aliphatic carbocycles. The highest BCUT2D eigenvalue weighted by Gasteiger charge is 2.29. The summed E-state index contributed by atoms with van der Waals surface area (Å²) in [4.78, 5) is 16.9. The normalized spacial score (nSPS) is 14.6. The molecule has 4 rings (SSSR count). The highest BCUT2D eigenvalue weighted by Crippen LogP contribution is 2.40. The standard InChI is InChI=1S/C25H32N4O2S/c1-4-19(26-25(30)27-20-11-7-8-12-21(20)31-6-3)23-18-13-16-28(5-2)17-22(18)32-24(23)29-14-9-10-15-29/h7-12,14-15,19H,4-6,13,16-17H2,1-3H3,(H2,26,27,30)/t19-/m1/s1. The van der Waals surface area contributed by atoms with Gasteiger partial charge in [0.15, 0.2) is 0 Å². The van der Waals surface area contributed by atoms with Gasteiger partial charge in [-0.1, -0.05) is 26.0 Å². The number of carbonyl (C=O) groups excluding carboxylic acids is 1. The van der Waals surface area contributed by atoms with Gasteiger partial charge in [0.25, 0.3) is 0 Å². The molecule has 6 nitrogen and oxygen atoms in total. The maximum absolute atomic E-state index is 13.0. The number of anilines is 1. The molecule has 2 N–H and O–H groups in total. The van der Waals surface area contributed by atoms with Crippen LogP contribution in [-0.4, -0.2) is 35.2 Å². The number of likely N-dealkylation sites (N-methyl/N-ethyl adjacent to an activating group) is 1. The molecule has 0 saturated carbocycles. The number of para-hydroxylation sites is 2. The number of hydrogen-bond donors (Lipinski definition) is 2. The Balaban J connectivity index is 1.61. The molecule has 1 aliphatic heterocycles. The van der Waals surface area contributed by atoms with Crippen LogP contribution in [-0.2, 0) is 13.0 Å². The Morgan fingerprint density at radius 1 is 1.16 bits per heavy atom. The van der Waals surface area contributed by atoms with E-state index < -0.39 is 0 Å². The Labute approximate surface area is 194 Å². The van der Waals surface area contributed by atoms with Crippen LogP contribution >= 0.6 is 11.3 Å². The van der Waals surface area contributed by atoms with Crippen molar-refractivity contribution in [2.45, 2.75) is 46.2 Å². The van der Waals surface area contributed by atoms with Crippen LogP contribution in [0.25, 0.3) is 5.00 Å². The van der Waals surface area contributed by atoms with Gasteiger partial charge in [0.05, 0.1) is 18.3 Å². The molecule has 32 heavy (non-hydrogen) atoms. The Morgan fingerprint density at radius 2 is 1.94 bits per heavy atom. The number of ether oxygens (including phenoxy) is 1. The number of benzene rings is 1. The average Bonchev–Trinajstić information content (AvgIpc) is 3.46. The first-order chi connectivity index (χ1) is 15.6. The Bertz CT molecular complexity index is 1040. The van der Waals surface area contributed by atoms with Crippen LogP contribution in [0.15, 0.2) is 48.8 Å². The minimum atomic E-state index is -0.214. The molecule has 2 amide bonds. The summed E-state index contributed by atoms with van der Waals surface area (Å²) in [6.45, 7) is 9.93. The van der Waals surface area contributed by atoms with E-state index in [1.165, 1.54) is 21.0 Å². The first kappa shape index (κ1) is 22.4. The molecule has 0 saturated heterocycles. The van der Waals surface area contributed by atoms with Crippen LogP contribution in [0.4, 0.5) is 10.5 Å². The molecule has 170 valence electrons. The van der Waals surface area contributed by atoms with E-state index in [0.29, 0.717) is 18.0 Å². The van der Waals surface area contributed by atoms with Gasteiger partial charge in [0.1, 0.15) is 10.8 Å². The number of urea groups is 1. The first-order valence-corrected chi connectivity index (χ1v) is 12.3. The highest BCUT2D eigenvalue weighted by atomic mass is 32.1. The van der Waals surface area contributed by atoms with Gasteiger partial charge < -0.3 is 19.9 Å². The van der Waals surface area contributed by atoms with Gasteiger partial charge in [-0.25, -0.2) is 4.79 Å². The van der Waals surface area contributed by atoms with Crippen molar-refractivity contribution in [2.75, 3.05) is 25.0 Å². The summed E-state index contributed by atoms with van der Waals surface area (Å²) < 4.78 is 7.84. The van der Waals surface area contributed by atoms with E-state index >= 15 is 0 Å². The fraction of sp³-hybridized carbons (Fsp3) is 0.400. The summed E-state index contributed by atoms with van der Waals surface area (Å²) in [5.74, 6) is 0.679. The first-order valence-electron chi connectivity index (χ1n) is 11.4. The molecule has 0 fully saturated rings. The van der Waals surface area contributed by atoms with Crippen molar-refractivity contribution in [3.8, 4) is 10.8 Å². The molecule has 7 heteroatoms. The number of hydrogen-bond acceptors (Lipinski definition) is 4. The lowest BCUT2D eigenvalue weighted by Crippen LogP contribution is -2.34. The summed E-state index contributed by atoms with van der Waals surface area (Å²) >= 11 is 1.85. The van der Waals surface area contributed by atoms with Crippen LogP contribution in [0.2, 0.25) is 0 Å². The number of rotatable bonds is 8. The zero-order valence-electron chi connectivity index (χ0n) is 19.1. The number of thiophene rings is 1. The largest absolute Gasteiger partial charge is 0.492 e. The van der Waals surface area contributed by atoms with Crippen molar-refractivity contribution < 1.29 is 9.53 Å². The van der Waals surface area contributed by atoms with E-state index in [0.717, 1.165) is 32.5 Å². The lowest BCUT2D eigenvalue weighted by molar-refractivity contribution is 0.247. The summed E-state index contributed by atoms with van der Waals surface area (Å²) in [6, 6.07) is 11.3. The quantitative estimate of drug-likeness (QED) is 0.468. The summed E-state index contributed by atoms with van der Waals surface area (Å²) in [7, 11) is 0. The second kappa shape index (κ2) is 10.2. The van der Waals surface area contributed by atoms with Gasteiger partial charge in [-0.3, -0.25) is 4.90 Å². The topological polar surface area (TPSA) is 58.5 Å². The van der Waals surface area contributed by atoms with Crippen LogP contribution in [0, 0.1) is 0 Å². The fourth-order valence-electron chi connectivity index (χ4n) is 4.30. The van der Waals surface area contributed by atoms with Crippen molar-refractivity contribution in [1.82, 2.24) is 14.8 Å². The smallest absolute Gasteiger partial charge is 0.319 e. The van der Waals surface area contributed by atoms with Gasteiger partial charge in [0.2, 0.25) is 0 Å². The van der Waals surface area contributed by atoms with Crippen molar-refractivity contribution in [3.05, 3.63) is 64.8 Å². The Morgan fingerprint density at radius 3 is 2.66 bits per heavy atom. The predicted octanol–water partition coefficient (Wildman–Crippen LogP) is 5.59. The van der Waals surface area contributed by atoms with Crippen LogP contribution in [0.3, 0.4) is 0 Å². The molecule has 1 aliphatic rings. The van der Waals surface area contributed by atoms with Gasteiger partial charge in [-0.2, -0.15) is 0 Å². The van der Waals surface area contributed by atoms with E-state index in [4.69, 9.17) is 4.74 Å². The van der Waals surface area contributed by atoms with Crippen LogP contribution in [0.5, 0.6) is 5.75 Å². The third kappa shape index (κ3) is 4.69. The maximum Gasteiger partial charge on any atom is 0.319 e. The third-order valence-corrected chi connectivity index (χ3v) is 7.19. The second-order valence-electron chi connectivity index (χ2n) is 7.92. The molecule has 1 atom stereocenters. The Kier molecular flexibility index (Phi) is 7.17. The van der Waals surface area contributed by atoms with E-state index in [1.54, 1.807) is 0 Å². The van der Waals surface area contributed by atoms with Gasteiger partial charge in [0, 0.05) is 35.9 Å². The summed E-state index contributed by atoms with van der Waals surface area (Å²) in [5, 5.41) is 7.43. The minimum absolute atomic E-state index is 0.0696. The average molecular weight is 453 g/mol. The van der Waals surface area contributed by atoms with Gasteiger partial charge in [-0.05, 0) is 56.1 Å². The molecule has 0 unspecified atom stereocenters. The number of fused-ring (bicyclic) bond motifs is 1. The number of nitrogens with zero attached hydrogens (tertiary/aromatic N) is 2. The zero-order valence-corrected chi connectivity index (χ0v) is 19.9. The third-order valence-electron chi connectivity index (χ3n) is 5.94. The highest BCUT2D eigenvalue weighted by molar-refractivity contribution is 7.15. The molecule has 3 aromatic rings. The molecular weight excluding hydrogens is 420 g/mol. The number of nitrogens with one attached hydrogen (secondary N) is 2. The number of aromatic nitrogens is 1. The molecule has 1 aromatic carbocycles. The maximum atomic E-state index is 13.0. The van der Waals surface area contributed by atoms with E-state index in [1.807, 2.05) is 54.7 Å². The second-order valence-corrected chi connectivity index (χ2v) is 9.00. The van der Waals surface area contributed by atoms with Crippen molar-refractivity contribution in [2.24, 2.45) is 0 Å². The van der Waals surface area contributed by atoms with Gasteiger partial charge >= 0.3 is 6.03 Å². The molecule has 0 radical (unpaired) electrons. The van der Waals surface area contributed by atoms with E-state index in [9.17, 15) is 4.79 Å². The molecule has 2 aromatic heterocycles. The number of carbonyl (C=O) groups is 1. The summed E-state index contributed by atoms with van der Waals surface area (Å²) in [6.07, 6.45) is 6.01. The fourth-order valence-corrected chi connectivity index (χ4v) is 5.72. The monoisotopic (exact) mass is 452 g/mol. The SMILES string of the molecule is CCOc1ccccc1NC(=O)N[C@H](CC)c1c(-n2cccc2)sc2c1CCN(CC)C2. The summed E-state index contributed by atoms with van der Waals surface area (Å²) in [5.41, 5.74) is 3.34. The van der Waals surface area contributed by atoms with Crippen molar-refractivity contribution >= 4 is 23.1 Å². The van der Waals surface area contributed by atoms with Crippen LogP contribution < -0.4 is 15.4 Å². The van der Waals surface area contributed by atoms with E-state index in [-0.39, 0.29) is 12.1 Å². The predicted molar refractivity (Wildman–Crippen MR) is 131 cm³/mol. The minimum Gasteiger partial charge on any atom is -0.492 e. The molecule has 0 bridgehead atoms. The zero-order chi connectivity index (χ0) is 22.5. The van der Waals surface area contributed by atoms with Crippen molar-refractivity contribution in [1.29, 1.82) is 0 Å². The molecular formula is C25H32N4O2S. The van der Waals surface area contributed by atoms with Gasteiger partial charge in [-0.15, -0.1) is 11.3 Å². The Hall–Kier alpha value is -2.77. The molecule has 0 spiro atoms. The molecule has 3 heterocycles. The lowest BCUT2D eigenvalue weighted by Gasteiger charge is -2.27. The van der Waals surface area contributed by atoms with Crippen LogP contribution in [0.1, 0.15) is 49.2 Å². The number of amides is 2.